The van der Waals surface area contributed by atoms with E-state index < -0.39 is 6.10 Å². The number of ether oxygens (including phenoxy) is 3. The summed E-state index contributed by atoms with van der Waals surface area (Å²) < 4.78 is 16.8. The maximum absolute atomic E-state index is 10.6. The maximum Gasteiger partial charge on any atom is 0.132 e. The van der Waals surface area contributed by atoms with Crippen molar-refractivity contribution in [3.05, 3.63) is 38.0 Å². The van der Waals surface area contributed by atoms with Gasteiger partial charge in [-0.25, -0.2) is 0 Å². The largest absolute Gasteiger partial charge is 0.496 e. The summed E-state index contributed by atoms with van der Waals surface area (Å²) in [6.07, 6.45) is -1.02. The van der Waals surface area contributed by atoms with Gasteiger partial charge in [-0.3, -0.25) is 0 Å². The highest BCUT2D eigenvalue weighted by Gasteiger charge is 2.25. The van der Waals surface area contributed by atoms with Crippen LogP contribution in [0.25, 0.3) is 0 Å². The molecule has 114 valence electrons. The second-order valence-corrected chi connectivity index (χ2v) is 6.41. The van der Waals surface area contributed by atoms with Gasteiger partial charge < -0.3 is 19.3 Å². The predicted molar refractivity (Wildman–Crippen MR) is 84.5 cm³/mol. The van der Waals surface area contributed by atoms with Gasteiger partial charge in [0.15, 0.2) is 0 Å². The normalized spacial score (nSPS) is 12.1. The molecule has 1 N–H and O–H groups in total. The van der Waals surface area contributed by atoms with Crippen LogP contribution in [0, 0.1) is 0 Å². The van der Waals surface area contributed by atoms with Crippen molar-refractivity contribution >= 4 is 34.5 Å². The fourth-order valence-corrected chi connectivity index (χ4v) is 3.52. The van der Waals surface area contributed by atoms with Crippen LogP contribution in [0.1, 0.15) is 17.2 Å². The van der Waals surface area contributed by atoms with Gasteiger partial charge in [0, 0.05) is 17.7 Å². The molecule has 2 aromatic rings. The van der Waals surface area contributed by atoms with Crippen LogP contribution in [0.3, 0.4) is 0 Å². The lowest BCUT2D eigenvalue weighted by atomic mass is 10.0. The molecular weight excluding hydrogens is 335 g/mol. The van der Waals surface area contributed by atoms with Crippen LogP contribution in [-0.4, -0.2) is 26.4 Å². The number of hydrogen-bond donors (Lipinski definition) is 1. The third-order valence-electron chi connectivity index (χ3n) is 3.00. The summed E-state index contributed by atoms with van der Waals surface area (Å²) in [6.45, 7) is 0. The second kappa shape index (κ2) is 6.75. The Hall–Kier alpha value is -1.14. The van der Waals surface area contributed by atoms with Crippen LogP contribution < -0.4 is 14.2 Å². The minimum atomic E-state index is -1.02. The SMILES string of the molecule is COc1cc(OC)c(C(O)c2cc(Cl)sc2Cl)c(OC)c1. The highest BCUT2D eigenvalue weighted by atomic mass is 35.5. The number of methoxy groups -OCH3 is 3. The van der Waals surface area contributed by atoms with Gasteiger partial charge in [-0.2, -0.15) is 0 Å². The lowest BCUT2D eigenvalue weighted by molar-refractivity contribution is 0.209. The third-order valence-corrected chi connectivity index (χ3v) is 4.52. The van der Waals surface area contributed by atoms with E-state index in [0.717, 1.165) is 0 Å². The summed E-state index contributed by atoms with van der Waals surface area (Å²) in [4.78, 5) is 0. The highest BCUT2D eigenvalue weighted by molar-refractivity contribution is 7.20. The number of aliphatic hydroxyl groups is 1. The van der Waals surface area contributed by atoms with E-state index in [1.54, 1.807) is 25.3 Å². The monoisotopic (exact) mass is 348 g/mol. The zero-order valence-corrected chi connectivity index (χ0v) is 14.0. The quantitative estimate of drug-likeness (QED) is 0.881. The van der Waals surface area contributed by atoms with Crippen LogP contribution in [0.2, 0.25) is 8.67 Å². The van der Waals surface area contributed by atoms with Crippen molar-refractivity contribution in [1.29, 1.82) is 0 Å². The molecule has 0 amide bonds. The first kappa shape index (κ1) is 16.2. The summed E-state index contributed by atoms with van der Waals surface area (Å²) in [5, 5.41) is 10.6. The summed E-state index contributed by atoms with van der Waals surface area (Å²) in [5.41, 5.74) is 0.977. The van der Waals surface area contributed by atoms with Gasteiger partial charge in [-0.1, -0.05) is 23.2 Å². The number of rotatable bonds is 5. The Morgan fingerprint density at radius 3 is 1.95 bits per heavy atom. The predicted octanol–water partition coefficient (Wildman–Crippen LogP) is 4.16. The van der Waals surface area contributed by atoms with Crippen LogP contribution >= 0.6 is 34.5 Å². The number of hydrogen-bond acceptors (Lipinski definition) is 5. The van der Waals surface area contributed by atoms with Gasteiger partial charge in [0.1, 0.15) is 27.7 Å². The molecule has 0 saturated heterocycles. The van der Waals surface area contributed by atoms with E-state index in [1.165, 1.54) is 25.6 Å². The van der Waals surface area contributed by atoms with Crippen LogP contribution in [0.5, 0.6) is 17.2 Å². The average molecular weight is 349 g/mol. The smallest absolute Gasteiger partial charge is 0.132 e. The Morgan fingerprint density at radius 2 is 1.57 bits per heavy atom. The molecule has 0 aliphatic carbocycles. The molecule has 7 heteroatoms. The van der Waals surface area contributed by atoms with E-state index in [-0.39, 0.29) is 0 Å². The molecule has 21 heavy (non-hydrogen) atoms. The fraction of sp³-hybridized carbons (Fsp3) is 0.286. The first-order valence-corrected chi connectivity index (χ1v) is 7.51. The van der Waals surface area contributed by atoms with Crippen molar-refractivity contribution in [3.8, 4) is 17.2 Å². The standard InChI is InChI=1S/C14H14Cl2O4S/c1-18-7-4-9(19-2)12(10(5-7)20-3)13(17)8-6-11(15)21-14(8)16/h4-6,13,17H,1-3H3. The van der Waals surface area contributed by atoms with Gasteiger partial charge >= 0.3 is 0 Å². The molecular formula is C14H14Cl2O4S. The Kier molecular flexibility index (Phi) is 5.22. The van der Waals surface area contributed by atoms with Crippen LogP contribution in [0.15, 0.2) is 18.2 Å². The molecule has 1 aromatic carbocycles. The summed E-state index contributed by atoms with van der Waals surface area (Å²) in [5.74, 6) is 1.45. The number of aliphatic hydroxyl groups excluding tert-OH is 1. The van der Waals surface area contributed by atoms with E-state index in [1.807, 2.05) is 0 Å². The van der Waals surface area contributed by atoms with Crippen LogP contribution in [-0.2, 0) is 0 Å². The van der Waals surface area contributed by atoms with E-state index in [4.69, 9.17) is 37.4 Å². The summed E-state index contributed by atoms with van der Waals surface area (Å²) in [6, 6.07) is 4.97. The van der Waals surface area contributed by atoms with Crippen molar-refractivity contribution < 1.29 is 19.3 Å². The van der Waals surface area contributed by atoms with E-state index in [2.05, 4.69) is 0 Å². The van der Waals surface area contributed by atoms with Gasteiger partial charge in [-0.15, -0.1) is 11.3 Å². The zero-order chi connectivity index (χ0) is 15.6. The van der Waals surface area contributed by atoms with Crippen molar-refractivity contribution in [2.45, 2.75) is 6.10 Å². The molecule has 0 aliphatic rings. The van der Waals surface area contributed by atoms with Gasteiger partial charge in [-0.05, 0) is 6.07 Å². The second-order valence-electron chi connectivity index (χ2n) is 4.13. The average Bonchev–Trinajstić information content (AvgIpc) is 2.83. The molecule has 1 unspecified atom stereocenters. The lowest BCUT2D eigenvalue weighted by Gasteiger charge is -2.19. The van der Waals surface area contributed by atoms with Crippen molar-refractivity contribution in [3.63, 3.8) is 0 Å². The summed E-state index contributed by atoms with van der Waals surface area (Å²) in [7, 11) is 4.55. The molecule has 0 bridgehead atoms. The molecule has 1 heterocycles. The lowest BCUT2D eigenvalue weighted by Crippen LogP contribution is -2.05. The minimum absolute atomic E-state index is 0.424. The van der Waals surface area contributed by atoms with Crippen molar-refractivity contribution in [1.82, 2.24) is 0 Å². The molecule has 1 atom stereocenters. The first-order chi connectivity index (χ1) is 10.0. The van der Waals surface area contributed by atoms with E-state index >= 15 is 0 Å². The number of benzene rings is 1. The molecule has 0 saturated carbocycles. The Morgan fingerprint density at radius 1 is 1.00 bits per heavy atom. The zero-order valence-electron chi connectivity index (χ0n) is 11.6. The molecule has 0 fully saturated rings. The molecule has 0 radical (unpaired) electrons. The molecule has 4 nitrogen and oxygen atoms in total. The molecule has 1 aromatic heterocycles. The first-order valence-electron chi connectivity index (χ1n) is 5.94. The maximum atomic E-state index is 10.6. The molecule has 0 aliphatic heterocycles. The van der Waals surface area contributed by atoms with Gasteiger partial charge in [0.25, 0.3) is 0 Å². The van der Waals surface area contributed by atoms with Crippen LogP contribution in [0.4, 0.5) is 0 Å². The van der Waals surface area contributed by atoms with Crippen molar-refractivity contribution in [2.24, 2.45) is 0 Å². The minimum Gasteiger partial charge on any atom is -0.496 e. The number of thiophene rings is 1. The van der Waals surface area contributed by atoms with E-state index in [0.29, 0.717) is 37.0 Å². The molecule has 0 spiro atoms. The topological polar surface area (TPSA) is 47.9 Å². The third kappa shape index (κ3) is 3.21. The fourth-order valence-electron chi connectivity index (χ4n) is 2.00. The number of halogens is 2. The molecule has 2 rings (SSSR count). The Bertz CT molecular complexity index is 617. The van der Waals surface area contributed by atoms with Gasteiger partial charge in [0.05, 0.1) is 31.2 Å². The van der Waals surface area contributed by atoms with Gasteiger partial charge in [0.2, 0.25) is 0 Å². The Balaban J connectivity index is 2.58. The van der Waals surface area contributed by atoms with Crippen molar-refractivity contribution in [2.75, 3.05) is 21.3 Å². The van der Waals surface area contributed by atoms with E-state index in [9.17, 15) is 5.11 Å². The summed E-state index contributed by atoms with van der Waals surface area (Å²) >= 11 is 13.2. The Labute approximate surface area is 136 Å². The highest BCUT2D eigenvalue weighted by Crippen LogP contribution is 2.44.